The zero-order chi connectivity index (χ0) is 14.8. The number of aromatic nitrogens is 2. The number of piperidine rings is 1. The minimum absolute atomic E-state index is 0.169. The van der Waals surface area contributed by atoms with Gasteiger partial charge in [0.15, 0.2) is 5.03 Å². The van der Waals surface area contributed by atoms with Crippen LogP contribution in [0.4, 0.5) is 0 Å². The molecule has 7 heteroatoms. The van der Waals surface area contributed by atoms with E-state index in [0.29, 0.717) is 24.8 Å². The summed E-state index contributed by atoms with van der Waals surface area (Å²) in [5, 5.41) is 3.50. The Morgan fingerprint density at radius 2 is 2.05 bits per heavy atom. The van der Waals surface area contributed by atoms with Gasteiger partial charge in [0, 0.05) is 26.3 Å². The van der Waals surface area contributed by atoms with Crippen LogP contribution in [0.5, 0.6) is 0 Å². The smallest absolute Gasteiger partial charge is 0.262 e. The molecule has 0 spiro atoms. The van der Waals surface area contributed by atoms with Gasteiger partial charge in [-0.05, 0) is 38.8 Å². The summed E-state index contributed by atoms with van der Waals surface area (Å²) in [5.41, 5.74) is 0. The second-order valence-electron chi connectivity index (χ2n) is 5.39. The molecule has 1 aromatic heterocycles. The maximum Gasteiger partial charge on any atom is 0.262 e. The van der Waals surface area contributed by atoms with E-state index in [-0.39, 0.29) is 5.03 Å². The first-order chi connectivity index (χ1) is 9.45. The molecule has 1 fully saturated rings. The highest BCUT2D eigenvalue weighted by Gasteiger charge is 2.31. The van der Waals surface area contributed by atoms with E-state index in [1.807, 2.05) is 14.0 Å². The fourth-order valence-electron chi connectivity index (χ4n) is 2.49. The molecule has 0 saturated carbocycles. The topological polar surface area (TPSA) is 67.2 Å². The molecule has 0 radical (unpaired) electrons. The van der Waals surface area contributed by atoms with Gasteiger partial charge in [-0.2, -0.15) is 4.31 Å². The Morgan fingerprint density at radius 3 is 2.55 bits per heavy atom. The molecule has 2 heterocycles. The summed E-state index contributed by atoms with van der Waals surface area (Å²) in [7, 11) is -1.62. The van der Waals surface area contributed by atoms with E-state index in [1.54, 1.807) is 15.1 Å². The van der Waals surface area contributed by atoms with Crippen LogP contribution in [0.25, 0.3) is 0 Å². The van der Waals surface area contributed by atoms with Crippen LogP contribution in [-0.2, 0) is 17.1 Å². The Hall–Kier alpha value is -0.920. The van der Waals surface area contributed by atoms with Gasteiger partial charge in [0.25, 0.3) is 10.0 Å². The molecule has 0 aliphatic carbocycles. The van der Waals surface area contributed by atoms with Gasteiger partial charge in [0.1, 0.15) is 5.82 Å². The summed E-state index contributed by atoms with van der Waals surface area (Å²) in [6.45, 7) is 7.02. The molecule has 1 saturated heterocycles. The average Bonchev–Trinajstić information content (AvgIpc) is 2.77. The van der Waals surface area contributed by atoms with E-state index in [1.165, 1.54) is 0 Å². The van der Waals surface area contributed by atoms with Gasteiger partial charge in [-0.3, -0.25) is 0 Å². The van der Waals surface area contributed by atoms with Gasteiger partial charge < -0.3 is 9.88 Å². The normalized spacial score (nSPS) is 18.6. The number of aryl methyl sites for hydroxylation is 2. The predicted molar refractivity (Wildman–Crippen MR) is 78.0 cm³/mol. The Bertz CT molecular complexity index is 525. The lowest BCUT2D eigenvalue weighted by atomic mass is 9.98. The summed E-state index contributed by atoms with van der Waals surface area (Å²) in [4.78, 5) is 4.15. The summed E-state index contributed by atoms with van der Waals surface area (Å²) >= 11 is 0. The first kappa shape index (κ1) is 15.5. The third kappa shape index (κ3) is 3.21. The standard InChI is InChI=1S/C13H24N4O2S/c1-4-14-9-12-5-7-17(8-6-12)20(18,19)13-10-16(3)11(2)15-13/h10,12,14H,4-9H2,1-3H3. The minimum Gasteiger partial charge on any atom is -0.337 e. The highest BCUT2D eigenvalue weighted by molar-refractivity contribution is 7.89. The van der Waals surface area contributed by atoms with Crippen LogP contribution in [0.1, 0.15) is 25.6 Å². The minimum atomic E-state index is -3.43. The van der Waals surface area contributed by atoms with E-state index < -0.39 is 10.0 Å². The highest BCUT2D eigenvalue weighted by Crippen LogP contribution is 2.22. The van der Waals surface area contributed by atoms with Crippen LogP contribution in [0.3, 0.4) is 0 Å². The number of hydrogen-bond donors (Lipinski definition) is 1. The Morgan fingerprint density at radius 1 is 1.40 bits per heavy atom. The van der Waals surface area contributed by atoms with Crippen molar-refractivity contribution in [3.8, 4) is 0 Å². The van der Waals surface area contributed by atoms with Crippen molar-refractivity contribution in [2.24, 2.45) is 13.0 Å². The van der Waals surface area contributed by atoms with Gasteiger partial charge in [-0.25, -0.2) is 13.4 Å². The molecule has 0 aromatic carbocycles. The van der Waals surface area contributed by atoms with Crippen molar-refractivity contribution < 1.29 is 8.42 Å². The molecule has 1 N–H and O–H groups in total. The van der Waals surface area contributed by atoms with Crippen molar-refractivity contribution >= 4 is 10.0 Å². The summed E-state index contributed by atoms with van der Waals surface area (Å²) < 4.78 is 28.3. The van der Waals surface area contributed by atoms with Gasteiger partial charge in [0.05, 0.1) is 0 Å². The fraction of sp³-hybridized carbons (Fsp3) is 0.769. The molecule has 0 unspecified atom stereocenters. The van der Waals surface area contributed by atoms with Gasteiger partial charge in [-0.1, -0.05) is 6.92 Å². The monoisotopic (exact) mass is 300 g/mol. The zero-order valence-electron chi connectivity index (χ0n) is 12.5. The second-order valence-corrected chi connectivity index (χ2v) is 7.28. The van der Waals surface area contributed by atoms with Crippen LogP contribution in [-0.4, -0.2) is 48.5 Å². The fourth-order valence-corrected chi connectivity index (χ4v) is 3.98. The van der Waals surface area contributed by atoms with Crippen molar-refractivity contribution in [2.75, 3.05) is 26.2 Å². The number of sulfonamides is 1. The Kier molecular flexibility index (Phi) is 4.82. The number of imidazole rings is 1. The number of rotatable bonds is 5. The molecule has 1 aromatic rings. The van der Waals surface area contributed by atoms with Crippen molar-refractivity contribution in [2.45, 2.75) is 31.7 Å². The van der Waals surface area contributed by atoms with Gasteiger partial charge in [0.2, 0.25) is 0 Å². The Balaban J connectivity index is 2.02. The maximum atomic E-state index is 12.5. The SMILES string of the molecule is CCNCC1CCN(S(=O)(=O)c2cn(C)c(C)n2)CC1. The molecule has 1 aliphatic heterocycles. The van der Waals surface area contributed by atoms with Crippen LogP contribution in [0, 0.1) is 12.8 Å². The lowest BCUT2D eigenvalue weighted by Gasteiger charge is -2.30. The lowest BCUT2D eigenvalue weighted by molar-refractivity contribution is 0.268. The molecular weight excluding hydrogens is 276 g/mol. The third-order valence-electron chi connectivity index (χ3n) is 3.95. The quantitative estimate of drug-likeness (QED) is 0.871. The molecule has 2 rings (SSSR count). The van der Waals surface area contributed by atoms with Crippen LogP contribution in [0.2, 0.25) is 0 Å². The van der Waals surface area contributed by atoms with E-state index in [2.05, 4.69) is 17.2 Å². The second kappa shape index (κ2) is 6.24. The van der Waals surface area contributed by atoms with Gasteiger partial charge >= 0.3 is 0 Å². The number of nitrogens with one attached hydrogen (secondary N) is 1. The van der Waals surface area contributed by atoms with Gasteiger partial charge in [-0.15, -0.1) is 0 Å². The average molecular weight is 300 g/mol. The van der Waals surface area contributed by atoms with Crippen LogP contribution in [0.15, 0.2) is 11.2 Å². The van der Waals surface area contributed by atoms with Crippen LogP contribution >= 0.6 is 0 Å². The first-order valence-electron chi connectivity index (χ1n) is 7.16. The van der Waals surface area contributed by atoms with Crippen molar-refractivity contribution in [1.29, 1.82) is 0 Å². The Labute approximate surface area is 121 Å². The molecule has 114 valence electrons. The molecule has 6 nitrogen and oxygen atoms in total. The number of nitrogens with zero attached hydrogens (tertiary/aromatic N) is 3. The zero-order valence-corrected chi connectivity index (χ0v) is 13.3. The first-order valence-corrected chi connectivity index (χ1v) is 8.60. The molecule has 0 amide bonds. The molecule has 1 aliphatic rings. The van der Waals surface area contributed by atoms with E-state index >= 15 is 0 Å². The lowest BCUT2D eigenvalue weighted by Crippen LogP contribution is -2.40. The molecule has 0 atom stereocenters. The molecular formula is C13H24N4O2S. The molecule has 20 heavy (non-hydrogen) atoms. The predicted octanol–water partition coefficient (Wildman–Crippen LogP) is 0.739. The highest BCUT2D eigenvalue weighted by atomic mass is 32.2. The van der Waals surface area contributed by atoms with Crippen LogP contribution < -0.4 is 5.32 Å². The molecule has 0 bridgehead atoms. The van der Waals surface area contributed by atoms with Crippen molar-refractivity contribution in [3.63, 3.8) is 0 Å². The summed E-state index contributed by atoms with van der Waals surface area (Å²) in [6.07, 6.45) is 3.42. The van der Waals surface area contributed by atoms with Crippen molar-refractivity contribution in [3.05, 3.63) is 12.0 Å². The van der Waals surface area contributed by atoms with E-state index in [4.69, 9.17) is 0 Å². The van der Waals surface area contributed by atoms with Crippen molar-refractivity contribution in [1.82, 2.24) is 19.2 Å². The van der Waals surface area contributed by atoms with E-state index in [9.17, 15) is 8.42 Å². The summed E-state index contributed by atoms with van der Waals surface area (Å²) in [6, 6.07) is 0. The largest absolute Gasteiger partial charge is 0.337 e. The summed E-state index contributed by atoms with van der Waals surface area (Å²) in [5.74, 6) is 1.29. The van der Waals surface area contributed by atoms with E-state index in [0.717, 1.165) is 25.9 Å². The third-order valence-corrected chi connectivity index (χ3v) is 5.72. The maximum absolute atomic E-state index is 12.5. The number of hydrogen-bond acceptors (Lipinski definition) is 4.